The van der Waals surface area contributed by atoms with Crippen molar-refractivity contribution in [3.63, 3.8) is 0 Å². The fourth-order valence-corrected chi connectivity index (χ4v) is 4.70. The van der Waals surface area contributed by atoms with Gasteiger partial charge < -0.3 is 14.2 Å². The highest BCUT2D eigenvalue weighted by Gasteiger charge is 2.15. The van der Waals surface area contributed by atoms with Gasteiger partial charge in [-0.1, -0.05) is 78.3 Å². The topological polar surface area (TPSA) is 69.2 Å². The summed E-state index contributed by atoms with van der Waals surface area (Å²) in [7, 11) is 1.53. The maximum absolute atomic E-state index is 12.9. The van der Waals surface area contributed by atoms with Crippen molar-refractivity contribution in [1.29, 1.82) is 0 Å². The number of hydrogen-bond acceptors (Lipinski definition) is 5. The maximum atomic E-state index is 12.9. The number of halogens is 1. The summed E-state index contributed by atoms with van der Waals surface area (Å²) in [6.07, 6.45) is 1.51. The molecule has 5 aromatic carbocycles. The van der Waals surface area contributed by atoms with Crippen molar-refractivity contribution in [3.8, 4) is 17.2 Å². The lowest BCUT2D eigenvalue weighted by Gasteiger charge is -2.15. The Kier molecular flexibility index (Phi) is 7.94. The van der Waals surface area contributed by atoms with E-state index in [2.05, 4.69) is 28.7 Å². The summed E-state index contributed by atoms with van der Waals surface area (Å²) in [5.74, 6) is 1.03. The number of rotatable bonds is 9. The van der Waals surface area contributed by atoms with Crippen molar-refractivity contribution in [1.82, 2.24) is 5.43 Å². The molecule has 0 aliphatic heterocycles. The molecule has 0 saturated heterocycles. The minimum absolute atomic E-state index is 0.332. The zero-order valence-electron chi connectivity index (χ0n) is 21.6. The van der Waals surface area contributed by atoms with Crippen LogP contribution in [0.4, 0.5) is 0 Å². The average Bonchev–Trinajstić information content (AvgIpc) is 2.96. The summed E-state index contributed by atoms with van der Waals surface area (Å²) in [5, 5.41) is 8.69. The summed E-state index contributed by atoms with van der Waals surface area (Å²) < 4.78 is 17.4. The number of benzene rings is 5. The predicted molar refractivity (Wildman–Crippen MR) is 156 cm³/mol. The summed E-state index contributed by atoms with van der Waals surface area (Å²) in [6.45, 7) is 2.65. The van der Waals surface area contributed by atoms with E-state index in [1.54, 1.807) is 18.2 Å². The fourth-order valence-electron chi connectivity index (χ4n) is 4.43. The number of carbonyl (C=O) groups is 1. The highest BCUT2D eigenvalue weighted by Crippen LogP contribution is 2.37. The second-order valence-electron chi connectivity index (χ2n) is 8.79. The van der Waals surface area contributed by atoms with Crippen molar-refractivity contribution in [2.24, 2.45) is 5.10 Å². The van der Waals surface area contributed by atoms with Crippen molar-refractivity contribution < 1.29 is 19.0 Å². The lowest BCUT2D eigenvalue weighted by atomic mass is 10.1. The Hall–Kier alpha value is -4.55. The third-order valence-electron chi connectivity index (χ3n) is 6.28. The summed E-state index contributed by atoms with van der Waals surface area (Å²) in [4.78, 5) is 12.9. The SMILES string of the molecule is CCOc1cc(/C=N\NC(=O)c2cc3ccccc3cc2OC)cc(Cl)c1OCc1cccc2ccccc12. The van der Waals surface area contributed by atoms with E-state index in [9.17, 15) is 4.79 Å². The largest absolute Gasteiger partial charge is 0.496 e. The molecule has 5 rings (SSSR count). The molecule has 196 valence electrons. The first-order valence-electron chi connectivity index (χ1n) is 12.5. The molecule has 0 fully saturated rings. The maximum Gasteiger partial charge on any atom is 0.275 e. The summed E-state index contributed by atoms with van der Waals surface area (Å²) in [5.41, 5.74) is 4.65. The average molecular weight is 539 g/mol. The summed E-state index contributed by atoms with van der Waals surface area (Å²) in [6, 6.07) is 29.1. The molecule has 0 spiro atoms. The molecule has 0 saturated carbocycles. The molecular weight excluding hydrogens is 512 g/mol. The first-order valence-corrected chi connectivity index (χ1v) is 12.9. The lowest BCUT2D eigenvalue weighted by Crippen LogP contribution is -2.18. The third-order valence-corrected chi connectivity index (χ3v) is 6.56. The van der Waals surface area contributed by atoms with E-state index < -0.39 is 0 Å². The minimum atomic E-state index is -0.389. The van der Waals surface area contributed by atoms with Crippen LogP contribution in [-0.4, -0.2) is 25.8 Å². The first-order chi connectivity index (χ1) is 19.1. The number of nitrogens with zero attached hydrogens (tertiary/aromatic N) is 1. The minimum Gasteiger partial charge on any atom is -0.496 e. The van der Waals surface area contributed by atoms with E-state index in [0.29, 0.717) is 46.6 Å². The Morgan fingerprint density at radius 2 is 1.59 bits per heavy atom. The molecule has 1 N–H and O–H groups in total. The Morgan fingerprint density at radius 3 is 2.36 bits per heavy atom. The zero-order chi connectivity index (χ0) is 27.2. The summed E-state index contributed by atoms with van der Waals surface area (Å²) >= 11 is 6.62. The molecule has 5 aromatic rings. The molecule has 0 aliphatic rings. The van der Waals surface area contributed by atoms with Gasteiger partial charge in [-0.05, 0) is 63.9 Å². The van der Waals surface area contributed by atoms with Crippen molar-refractivity contribution in [2.45, 2.75) is 13.5 Å². The third kappa shape index (κ3) is 5.81. The van der Waals surface area contributed by atoms with Gasteiger partial charge in [0.1, 0.15) is 12.4 Å². The molecule has 0 aliphatic carbocycles. The van der Waals surface area contributed by atoms with Crippen molar-refractivity contribution >= 4 is 45.3 Å². The Balaban J connectivity index is 1.33. The van der Waals surface area contributed by atoms with Crippen molar-refractivity contribution in [2.75, 3.05) is 13.7 Å². The quantitative estimate of drug-likeness (QED) is 0.157. The predicted octanol–water partition coefficient (Wildman–Crippen LogP) is 7.40. The van der Waals surface area contributed by atoms with Gasteiger partial charge >= 0.3 is 0 Å². The number of nitrogens with one attached hydrogen (secondary N) is 1. The van der Waals surface area contributed by atoms with E-state index in [1.807, 2.05) is 61.5 Å². The molecule has 0 aromatic heterocycles. The number of fused-ring (bicyclic) bond motifs is 2. The van der Waals surface area contributed by atoms with Crippen LogP contribution in [0.1, 0.15) is 28.4 Å². The molecule has 0 radical (unpaired) electrons. The molecular formula is C32H27ClN2O4. The lowest BCUT2D eigenvalue weighted by molar-refractivity contribution is 0.0952. The van der Waals surface area contributed by atoms with Crippen LogP contribution in [0.25, 0.3) is 21.5 Å². The Morgan fingerprint density at radius 1 is 0.872 bits per heavy atom. The van der Waals surface area contributed by atoms with E-state index in [0.717, 1.165) is 27.1 Å². The smallest absolute Gasteiger partial charge is 0.275 e. The number of ether oxygens (including phenoxy) is 3. The number of amides is 1. The molecule has 39 heavy (non-hydrogen) atoms. The highest BCUT2D eigenvalue weighted by atomic mass is 35.5. The van der Waals surface area contributed by atoms with Gasteiger partial charge in [0.15, 0.2) is 11.5 Å². The van der Waals surface area contributed by atoms with Gasteiger partial charge in [0.25, 0.3) is 5.91 Å². The van der Waals surface area contributed by atoms with Gasteiger partial charge in [-0.2, -0.15) is 5.10 Å². The van der Waals surface area contributed by atoms with Gasteiger partial charge in [-0.3, -0.25) is 4.79 Å². The van der Waals surface area contributed by atoms with E-state index >= 15 is 0 Å². The van der Waals surface area contributed by atoms with Crippen LogP contribution in [-0.2, 0) is 6.61 Å². The van der Waals surface area contributed by atoms with Crippen LogP contribution < -0.4 is 19.6 Å². The second-order valence-corrected chi connectivity index (χ2v) is 9.20. The van der Waals surface area contributed by atoms with Gasteiger partial charge in [-0.15, -0.1) is 0 Å². The Labute approximate surface area is 231 Å². The molecule has 0 unspecified atom stereocenters. The standard InChI is InChI=1S/C32H27ClN2O4/c1-3-38-30-16-21(15-28(33)31(30)39-20-25-13-8-12-22-9-6-7-14-26(22)25)19-34-35-32(36)27-17-23-10-4-5-11-24(23)18-29(27)37-2/h4-19H,3,20H2,1-2H3,(H,35,36)/b34-19-. The molecule has 0 atom stereocenters. The second kappa shape index (κ2) is 11.9. The van der Waals surface area contributed by atoms with E-state index in [-0.39, 0.29) is 5.91 Å². The first kappa shape index (κ1) is 26.1. The van der Waals surface area contributed by atoms with Crippen LogP contribution in [0.5, 0.6) is 17.2 Å². The van der Waals surface area contributed by atoms with Gasteiger partial charge in [0, 0.05) is 0 Å². The highest BCUT2D eigenvalue weighted by molar-refractivity contribution is 6.32. The zero-order valence-corrected chi connectivity index (χ0v) is 22.4. The Bertz CT molecular complexity index is 1680. The molecule has 6 nitrogen and oxygen atoms in total. The van der Waals surface area contributed by atoms with Gasteiger partial charge in [0.05, 0.1) is 30.5 Å². The van der Waals surface area contributed by atoms with Crippen LogP contribution in [0, 0.1) is 0 Å². The van der Waals surface area contributed by atoms with Crippen LogP contribution in [0.15, 0.2) is 96.1 Å². The van der Waals surface area contributed by atoms with Gasteiger partial charge in [-0.25, -0.2) is 5.43 Å². The van der Waals surface area contributed by atoms with Crippen LogP contribution in [0.3, 0.4) is 0 Å². The molecule has 0 bridgehead atoms. The number of hydrogen-bond donors (Lipinski definition) is 1. The molecule has 1 amide bonds. The normalized spacial score (nSPS) is 11.2. The van der Waals surface area contributed by atoms with E-state index in [1.165, 1.54) is 13.3 Å². The van der Waals surface area contributed by atoms with Crippen LogP contribution >= 0.6 is 11.6 Å². The van der Waals surface area contributed by atoms with E-state index in [4.69, 9.17) is 25.8 Å². The monoisotopic (exact) mass is 538 g/mol. The van der Waals surface area contributed by atoms with Crippen molar-refractivity contribution in [3.05, 3.63) is 113 Å². The number of carbonyl (C=O) groups excluding carboxylic acids is 1. The number of methoxy groups -OCH3 is 1. The fraction of sp³-hybridized carbons (Fsp3) is 0.125. The molecule has 0 heterocycles. The van der Waals surface area contributed by atoms with Crippen LogP contribution in [0.2, 0.25) is 5.02 Å². The molecule has 7 heteroatoms. The number of hydrazone groups is 1. The van der Waals surface area contributed by atoms with Gasteiger partial charge in [0.2, 0.25) is 0 Å².